The van der Waals surface area contributed by atoms with E-state index in [9.17, 15) is 0 Å². The highest BCUT2D eigenvalue weighted by Gasteiger charge is 2.54. The van der Waals surface area contributed by atoms with Crippen LogP contribution in [0, 0.1) is 46.3 Å². The third-order valence-electron chi connectivity index (χ3n) is 11.1. The number of hydrogen-bond acceptors (Lipinski definition) is 2. The van der Waals surface area contributed by atoms with Gasteiger partial charge >= 0.3 is 8.56 Å². The van der Waals surface area contributed by atoms with Crippen molar-refractivity contribution in [3.63, 3.8) is 0 Å². The van der Waals surface area contributed by atoms with E-state index < -0.39 is 8.56 Å². The van der Waals surface area contributed by atoms with Gasteiger partial charge in [0, 0.05) is 14.2 Å². The van der Waals surface area contributed by atoms with Crippen LogP contribution in [0.5, 0.6) is 0 Å². The molecule has 8 fully saturated rings. The summed E-state index contributed by atoms with van der Waals surface area (Å²) in [6.45, 7) is 0. The van der Waals surface area contributed by atoms with Gasteiger partial charge in [0.05, 0.1) is 0 Å². The van der Waals surface area contributed by atoms with Gasteiger partial charge in [-0.05, 0) is 148 Å². The van der Waals surface area contributed by atoms with Crippen LogP contribution in [-0.2, 0) is 8.85 Å². The average Bonchev–Trinajstić information content (AvgIpc) is 2.67. The quantitative estimate of drug-likeness (QED) is 0.399. The summed E-state index contributed by atoms with van der Waals surface area (Å²) >= 11 is 0. The molecule has 8 aliphatic carbocycles. The molecule has 164 valence electrons. The lowest BCUT2D eigenvalue weighted by Crippen LogP contribution is -2.49. The Bertz CT molecular complexity index is 504. The lowest BCUT2D eigenvalue weighted by Gasteiger charge is -2.58. The Kier molecular flexibility index (Phi) is 4.83. The average molecular weight is 417 g/mol. The van der Waals surface area contributed by atoms with Crippen molar-refractivity contribution in [1.82, 2.24) is 0 Å². The molecule has 0 aromatic carbocycles. The Morgan fingerprint density at radius 1 is 0.552 bits per heavy atom. The van der Waals surface area contributed by atoms with Gasteiger partial charge < -0.3 is 8.85 Å². The maximum atomic E-state index is 6.33. The predicted octanol–water partition coefficient (Wildman–Crippen LogP) is 6.93. The molecule has 3 heteroatoms. The van der Waals surface area contributed by atoms with Gasteiger partial charge in [-0.25, -0.2) is 0 Å². The molecular formula is C26H44O2Si. The number of hydrogen-bond donors (Lipinski definition) is 0. The molecule has 0 heterocycles. The van der Waals surface area contributed by atoms with Crippen LogP contribution in [0.1, 0.15) is 89.9 Å². The van der Waals surface area contributed by atoms with Crippen LogP contribution < -0.4 is 0 Å². The summed E-state index contributed by atoms with van der Waals surface area (Å²) in [6, 6.07) is 2.52. The van der Waals surface area contributed by atoms with Crippen molar-refractivity contribution < 1.29 is 8.85 Å². The van der Waals surface area contributed by atoms with Gasteiger partial charge in [-0.3, -0.25) is 0 Å². The minimum atomic E-state index is -2.05. The molecule has 0 atom stereocenters. The van der Waals surface area contributed by atoms with Gasteiger partial charge in [0.25, 0.3) is 0 Å². The Morgan fingerprint density at radius 2 is 0.828 bits per heavy atom. The lowest BCUT2D eigenvalue weighted by molar-refractivity contribution is -0.0576. The van der Waals surface area contributed by atoms with Gasteiger partial charge in [0.1, 0.15) is 0 Å². The topological polar surface area (TPSA) is 18.5 Å². The van der Waals surface area contributed by atoms with E-state index >= 15 is 0 Å². The largest absolute Gasteiger partial charge is 0.398 e. The summed E-state index contributed by atoms with van der Waals surface area (Å²) in [4.78, 5) is 0. The molecule has 0 saturated heterocycles. The van der Waals surface area contributed by atoms with Gasteiger partial charge in [0.2, 0.25) is 0 Å². The van der Waals surface area contributed by atoms with Crippen molar-refractivity contribution in [3.8, 4) is 0 Å². The monoisotopic (exact) mass is 416 g/mol. The van der Waals surface area contributed by atoms with E-state index in [0.717, 1.165) is 35.5 Å². The maximum absolute atomic E-state index is 6.33. The molecule has 0 spiro atoms. The van der Waals surface area contributed by atoms with E-state index in [1.807, 2.05) is 14.2 Å². The van der Waals surface area contributed by atoms with Gasteiger partial charge in [-0.2, -0.15) is 0 Å². The Morgan fingerprint density at radius 3 is 1.07 bits per heavy atom. The SMILES string of the molecule is CO[Si](CCC12CC3CC(CC(C3)C1)C2)(CCC12CC3CC(CC(C3)C1)C2)OC. The van der Waals surface area contributed by atoms with E-state index in [1.165, 1.54) is 63.5 Å². The molecule has 8 rings (SSSR count). The van der Waals surface area contributed by atoms with Crippen molar-refractivity contribution in [2.75, 3.05) is 14.2 Å². The highest BCUT2D eigenvalue weighted by atomic mass is 28.4. The van der Waals surface area contributed by atoms with E-state index in [2.05, 4.69) is 0 Å². The smallest absolute Gasteiger partial charge is 0.337 e. The van der Waals surface area contributed by atoms with Crippen LogP contribution in [0.2, 0.25) is 12.1 Å². The molecule has 0 aromatic heterocycles. The van der Waals surface area contributed by atoms with Crippen molar-refractivity contribution in [2.24, 2.45) is 46.3 Å². The summed E-state index contributed by atoms with van der Waals surface area (Å²) in [5.41, 5.74) is 1.34. The van der Waals surface area contributed by atoms with Crippen LogP contribution >= 0.6 is 0 Å². The summed E-state index contributed by atoms with van der Waals surface area (Å²) in [6.07, 6.45) is 21.4. The minimum Gasteiger partial charge on any atom is -0.398 e. The van der Waals surface area contributed by atoms with Crippen molar-refractivity contribution in [1.29, 1.82) is 0 Å². The van der Waals surface area contributed by atoms with Crippen LogP contribution in [0.4, 0.5) is 0 Å². The molecule has 8 saturated carbocycles. The zero-order valence-electron chi connectivity index (χ0n) is 19.1. The first-order chi connectivity index (χ1) is 14.0. The zero-order chi connectivity index (χ0) is 19.7. The van der Waals surface area contributed by atoms with Crippen LogP contribution in [0.25, 0.3) is 0 Å². The molecule has 0 amide bonds. The maximum Gasteiger partial charge on any atom is 0.337 e. The lowest BCUT2D eigenvalue weighted by atomic mass is 9.49. The fourth-order valence-corrected chi connectivity index (χ4v) is 13.8. The van der Waals surface area contributed by atoms with Gasteiger partial charge in [-0.1, -0.05) is 0 Å². The second kappa shape index (κ2) is 7.07. The Labute approximate surface area is 180 Å². The molecule has 8 aliphatic rings. The van der Waals surface area contributed by atoms with Crippen LogP contribution in [0.3, 0.4) is 0 Å². The molecule has 0 radical (unpaired) electrons. The van der Waals surface area contributed by atoms with E-state index in [1.54, 1.807) is 38.5 Å². The third kappa shape index (κ3) is 3.50. The molecule has 2 nitrogen and oxygen atoms in total. The Hall–Kier alpha value is 0.137. The standard InChI is InChI=1S/C26H44O2Si/c1-27-29(28-2,5-3-25-13-19-7-20(14-25)9-21(8-19)15-25)6-4-26-16-22-10-23(17-26)12-24(11-22)18-26/h19-24H,3-18H2,1-2H3. The molecular weight excluding hydrogens is 372 g/mol. The Balaban J connectivity index is 1.12. The summed E-state index contributed by atoms with van der Waals surface area (Å²) in [5.74, 6) is 6.39. The molecule has 29 heavy (non-hydrogen) atoms. The molecule has 0 N–H and O–H groups in total. The van der Waals surface area contributed by atoms with Gasteiger partial charge in [-0.15, -0.1) is 0 Å². The molecule has 8 bridgehead atoms. The first kappa shape index (κ1) is 19.8. The summed E-state index contributed by atoms with van der Waals surface area (Å²) < 4.78 is 12.7. The minimum absolute atomic E-state index is 0.671. The first-order valence-electron chi connectivity index (χ1n) is 13.1. The molecule has 0 aromatic rings. The fraction of sp³-hybridized carbons (Fsp3) is 1.00. The van der Waals surface area contributed by atoms with Gasteiger partial charge in [0.15, 0.2) is 0 Å². The van der Waals surface area contributed by atoms with E-state index in [0.29, 0.717) is 10.8 Å². The first-order valence-corrected chi connectivity index (χ1v) is 15.3. The normalized spacial score (nSPS) is 49.9. The van der Waals surface area contributed by atoms with E-state index in [-0.39, 0.29) is 0 Å². The predicted molar refractivity (Wildman–Crippen MR) is 120 cm³/mol. The van der Waals surface area contributed by atoms with Crippen LogP contribution in [0.15, 0.2) is 0 Å². The van der Waals surface area contributed by atoms with Crippen LogP contribution in [-0.4, -0.2) is 22.8 Å². The second-order valence-corrected chi connectivity index (χ2v) is 16.8. The van der Waals surface area contributed by atoms with Crippen molar-refractivity contribution in [3.05, 3.63) is 0 Å². The number of rotatable bonds is 8. The highest BCUT2D eigenvalue weighted by Crippen LogP contribution is 2.63. The highest BCUT2D eigenvalue weighted by molar-refractivity contribution is 6.67. The third-order valence-corrected chi connectivity index (χ3v) is 14.7. The fourth-order valence-electron chi connectivity index (χ4n) is 10.7. The summed E-state index contributed by atoms with van der Waals surface area (Å²) in [7, 11) is 1.91. The van der Waals surface area contributed by atoms with Crippen molar-refractivity contribution in [2.45, 2.75) is 102 Å². The van der Waals surface area contributed by atoms with E-state index in [4.69, 9.17) is 8.85 Å². The molecule has 0 aliphatic heterocycles. The van der Waals surface area contributed by atoms with Crippen molar-refractivity contribution >= 4 is 8.56 Å². The zero-order valence-corrected chi connectivity index (χ0v) is 20.1. The molecule has 0 unspecified atom stereocenters. The summed E-state index contributed by atoms with van der Waals surface area (Å²) in [5, 5.41) is 0. The second-order valence-electron chi connectivity index (χ2n) is 13.2.